The number of hydrogen-bond acceptors (Lipinski definition) is 5. The molecule has 0 spiro atoms. The standard InChI is InChI=1S/C26H16S5/c1-2-5-17(6-3-1)18-8-9-21(28-18)22-12-13-25(30-22)26-15-14-24(31-26)23-11-10-20(29-23)19-7-4-16-27-19/h1-16H. The first-order chi connectivity index (χ1) is 15.3. The largest absolute Gasteiger partial charge is 0.143 e. The number of benzene rings is 1. The lowest BCUT2D eigenvalue weighted by Gasteiger charge is -1.95. The van der Waals surface area contributed by atoms with Crippen molar-refractivity contribution in [2.75, 3.05) is 0 Å². The van der Waals surface area contributed by atoms with Gasteiger partial charge in [-0.25, -0.2) is 0 Å². The maximum Gasteiger partial charge on any atom is 0.0449 e. The van der Waals surface area contributed by atoms with E-state index >= 15 is 0 Å². The lowest BCUT2D eigenvalue weighted by atomic mass is 10.2. The molecule has 0 nitrogen and oxygen atoms in total. The number of thiophene rings is 5. The summed E-state index contributed by atoms with van der Waals surface area (Å²) in [6.07, 6.45) is 0. The minimum atomic E-state index is 1.29. The van der Waals surface area contributed by atoms with Crippen LogP contribution in [0.2, 0.25) is 0 Å². The van der Waals surface area contributed by atoms with Gasteiger partial charge in [0.05, 0.1) is 0 Å². The molecule has 150 valence electrons. The van der Waals surface area contributed by atoms with E-state index in [1.165, 1.54) is 49.5 Å². The second-order valence-electron chi connectivity index (χ2n) is 7.00. The summed E-state index contributed by atoms with van der Waals surface area (Å²) in [5.74, 6) is 0. The molecule has 31 heavy (non-hydrogen) atoms. The summed E-state index contributed by atoms with van der Waals surface area (Å²) < 4.78 is 0. The molecule has 0 saturated heterocycles. The van der Waals surface area contributed by atoms with Crippen LogP contribution in [0.3, 0.4) is 0 Å². The Morgan fingerprint density at radius 3 is 1.19 bits per heavy atom. The quantitative estimate of drug-likeness (QED) is 0.226. The minimum absolute atomic E-state index is 1.29. The van der Waals surface area contributed by atoms with E-state index in [9.17, 15) is 0 Å². The molecule has 5 heterocycles. The Labute approximate surface area is 201 Å². The lowest BCUT2D eigenvalue weighted by Crippen LogP contribution is -1.67. The molecule has 0 radical (unpaired) electrons. The average molecular weight is 489 g/mol. The maximum absolute atomic E-state index is 2.27. The van der Waals surface area contributed by atoms with Crippen molar-refractivity contribution in [1.29, 1.82) is 0 Å². The SMILES string of the molecule is c1ccc(-c2ccc(-c3ccc(-c4ccc(-c5ccc(-c6cccs6)s5)s4)s3)s2)cc1. The Hall–Kier alpha value is -2.28. The molecule has 0 aliphatic carbocycles. The van der Waals surface area contributed by atoms with Gasteiger partial charge >= 0.3 is 0 Å². The van der Waals surface area contributed by atoms with Crippen LogP contribution in [0.15, 0.2) is 96.4 Å². The maximum atomic E-state index is 2.27. The summed E-state index contributed by atoms with van der Waals surface area (Å²) in [5, 5.41) is 2.14. The molecule has 0 fully saturated rings. The number of rotatable bonds is 5. The van der Waals surface area contributed by atoms with E-state index in [0.717, 1.165) is 0 Å². The van der Waals surface area contributed by atoms with Gasteiger partial charge in [-0.05, 0) is 65.5 Å². The molecule has 0 saturated carbocycles. The van der Waals surface area contributed by atoms with Crippen molar-refractivity contribution in [3.63, 3.8) is 0 Å². The highest BCUT2D eigenvalue weighted by atomic mass is 32.1. The molecule has 0 aliphatic rings. The molecule has 0 bridgehead atoms. The summed E-state index contributed by atoms with van der Waals surface area (Å²) in [4.78, 5) is 12.1. The van der Waals surface area contributed by atoms with Crippen molar-refractivity contribution >= 4 is 56.7 Å². The van der Waals surface area contributed by atoms with E-state index < -0.39 is 0 Å². The highest BCUT2D eigenvalue weighted by Gasteiger charge is 2.12. The first kappa shape index (κ1) is 19.4. The molecular weight excluding hydrogens is 473 g/mol. The minimum Gasteiger partial charge on any atom is -0.143 e. The van der Waals surface area contributed by atoms with Crippen LogP contribution in [0.5, 0.6) is 0 Å². The van der Waals surface area contributed by atoms with Crippen LogP contribution >= 0.6 is 56.7 Å². The third-order valence-electron chi connectivity index (χ3n) is 4.97. The molecule has 5 aromatic heterocycles. The predicted octanol–water partition coefficient (Wildman–Crippen LogP) is 10.3. The lowest BCUT2D eigenvalue weighted by molar-refractivity contribution is 1.70. The molecule has 0 N–H and O–H groups in total. The predicted molar refractivity (Wildman–Crippen MR) is 143 cm³/mol. The third-order valence-corrected chi connectivity index (χ3v) is 11.0. The second-order valence-corrected chi connectivity index (χ2v) is 12.3. The van der Waals surface area contributed by atoms with Crippen LogP contribution in [0.4, 0.5) is 0 Å². The summed E-state index contributed by atoms with van der Waals surface area (Å²) >= 11 is 9.33. The van der Waals surface area contributed by atoms with E-state index in [1.807, 2.05) is 45.3 Å². The fourth-order valence-electron chi connectivity index (χ4n) is 3.45. The van der Waals surface area contributed by atoms with Gasteiger partial charge in [-0.3, -0.25) is 0 Å². The average Bonchev–Trinajstić information content (AvgIpc) is 3.63. The fraction of sp³-hybridized carbons (Fsp3) is 0. The molecule has 5 heteroatoms. The van der Waals surface area contributed by atoms with Crippen molar-refractivity contribution in [3.8, 4) is 49.5 Å². The Morgan fingerprint density at radius 2 is 0.742 bits per heavy atom. The van der Waals surface area contributed by atoms with Gasteiger partial charge in [0.15, 0.2) is 0 Å². The Bertz CT molecular complexity index is 1420. The Kier molecular flexibility index (Phi) is 5.22. The second kappa shape index (κ2) is 8.34. The van der Waals surface area contributed by atoms with Gasteiger partial charge < -0.3 is 0 Å². The Morgan fingerprint density at radius 1 is 0.323 bits per heavy atom. The summed E-state index contributed by atoms with van der Waals surface area (Å²) in [7, 11) is 0. The van der Waals surface area contributed by atoms with E-state index in [1.54, 1.807) is 11.3 Å². The van der Waals surface area contributed by atoms with Gasteiger partial charge in [-0.1, -0.05) is 36.4 Å². The van der Waals surface area contributed by atoms with E-state index in [2.05, 4.69) is 96.4 Å². The van der Waals surface area contributed by atoms with Crippen molar-refractivity contribution in [2.45, 2.75) is 0 Å². The molecule has 0 amide bonds. The van der Waals surface area contributed by atoms with Crippen LogP contribution in [-0.4, -0.2) is 0 Å². The zero-order valence-electron chi connectivity index (χ0n) is 16.3. The van der Waals surface area contributed by atoms with Gasteiger partial charge in [0, 0.05) is 43.9 Å². The first-order valence-corrected chi connectivity index (χ1v) is 14.0. The van der Waals surface area contributed by atoms with Gasteiger partial charge in [-0.2, -0.15) is 0 Å². The summed E-state index contributed by atoms with van der Waals surface area (Å²) in [6, 6.07) is 33.0. The molecule has 1 aromatic carbocycles. The van der Waals surface area contributed by atoms with Gasteiger partial charge in [0.2, 0.25) is 0 Å². The zero-order valence-corrected chi connectivity index (χ0v) is 20.4. The summed E-state index contributed by atoms with van der Waals surface area (Å²) in [5.41, 5.74) is 1.29. The molecular formula is C26H16S5. The first-order valence-electron chi connectivity index (χ1n) is 9.83. The molecule has 0 atom stereocenters. The highest BCUT2D eigenvalue weighted by Crippen LogP contribution is 2.45. The van der Waals surface area contributed by atoms with Crippen LogP contribution in [0.25, 0.3) is 49.5 Å². The van der Waals surface area contributed by atoms with Crippen molar-refractivity contribution in [2.24, 2.45) is 0 Å². The topological polar surface area (TPSA) is 0 Å². The molecule has 6 aromatic rings. The van der Waals surface area contributed by atoms with E-state index in [4.69, 9.17) is 0 Å². The van der Waals surface area contributed by atoms with Crippen LogP contribution in [0, 0.1) is 0 Å². The molecule has 0 unspecified atom stereocenters. The smallest absolute Gasteiger partial charge is 0.0449 e. The van der Waals surface area contributed by atoms with Crippen molar-refractivity contribution in [3.05, 3.63) is 96.4 Å². The van der Waals surface area contributed by atoms with Crippen molar-refractivity contribution in [1.82, 2.24) is 0 Å². The zero-order chi connectivity index (χ0) is 20.6. The highest BCUT2D eigenvalue weighted by molar-refractivity contribution is 7.29. The van der Waals surface area contributed by atoms with Crippen molar-refractivity contribution < 1.29 is 0 Å². The number of hydrogen-bond donors (Lipinski definition) is 0. The van der Waals surface area contributed by atoms with E-state index in [0.29, 0.717) is 0 Å². The van der Waals surface area contributed by atoms with Crippen LogP contribution in [0.1, 0.15) is 0 Å². The fourth-order valence-corrected chi connectivity index (χ4v) is 8.59. The van der Waals surface area contributed by atoms with Crippen LogP contribution in [-0.2, 0) is 0 Å². The van der Waals surface area contributed by atoms with Crippen LogP contribution < -0.4 is 0 Å². The van der Waals surface area contributed by atoms with Gasteiger partial charge in [0.25, 0.3) is 0 Å². The van der Waals surface area contributed by atoms with Gasteiger partial charge in [0.1, 0.15) is 0 Å². The third kappa shape index (κ3) is 3.88. The normalized spacial score (nSPS) is 11.2. The van der Waals surface area contributed by atoms with Gasteiger partial charge in [-0.15, -0.1) is 56.7 Å². The van der Waals surface area contributed by atoms with E-state index in [-0.39, 0.29) is 0 Å². The molecule has 0 aliphatic heterocycles. The summed E-state index contributed by atoms with van der Waals surface area (Å²) in [6.45, 7) is 0. The monoisotopic (exact) mass is 488 g/mol. The molecule has 6 rings (SSSR count). The Balaban J connectivity index is 1.25.